The molecule has 4 aromatic rings. The molecule has 2 aromatic carbocycles. The minimum absolute atomic E-state index is 1.04. The minimum atomic E-state index is 1.04. The average Bonchev–Trinajstić information content (AvgIpc) is 2.99. The Morgan fingerprint density at radius 3 is 2.41 bits per heavy atom. The Kier molecular flexibility index (Phi) is 3.24. The number of aromatic nitrogens is 1. The van der Waals surface area contributed by atoms with E-state index in [4.69, 9.17) is 4.98 Å². The van der Waals surface area contributed by atoms with E-state index in [1.54, 1.807) is 11.3 Å². The molecule has 0 aliphatic carbocycles. The molecule has 0 radical (unpaired) electrons. The summed E-state index contributed by atoms with van der Waals surface area (Å²) in [5, 5.41) is 0. The molecule has 0 unspecified atom stereocenters. The number of hydrogen-bond acceptors (Lipinski definition) is 2. The molecule has 0 saturated carbocycles. The van der Waals surface area contributed by atoms with E-state index in [0.717, 1.165) is 11.2 Å². The van der Waals surface area contributed by atoms with Crippen molar-refractivity contribution in [2.45, 2.75) is 6.92 Å². The summed E-state index contributed by atoms with van der Waals surface area (Å²) >= 11 is 1.79. The summed E-state index contributed by atoms with van der Waals surface area (Å²) in [5.74, 6) is 0. The lowest BCUT2D eigenvalue weighted by Crippen LogP contribution is -1.83. The van der Waals surface area contributed by atoms with Crippen LogP contribution in [-0.4, -0.2) is 4.98 Å². The quantitative estimate of drug-likeness (QED) is 0.446. The Bertz CT molecular complexity index is 938. The highest BCUT2D eigenvalue weighted by molar-refractivity contribution is 7.22. The maximum atomic E-state index is 4.84. The Morgan fingerprint density at radius 2 is 1.59 bits per heavy atom. The van der Waals surface area contributed by atoms with E-state index in [1.807, 2.05) is 6.07 Å². The van der Waals surface area contributed by atoms with E-state index < -0.39 is 0 Å². The zero-order chi connectivity index (χ0) is 14.9. The molecular weight excluding hydrogens is 286 g/mol. The van der Waals surface area contributed by atoms with Crippen molar-refractivity contribution in [3.8, 4) is 21.7 Å². The highest BCUT2D eigenvalue weighted by Crippen LogP contribution is 2.33. The number of pyridine rings is 1. The lowest BCUT2D eigenvalue weighted by Gasteiger charge is -2.02. The first-order chi connectivity index (χ1) is 10.8. The van der Waals surface area contributed by atoms with Gasteiger partial charge in [0.15, 0.2) is 0 Å². The Balaban J connectivity index is 1.82. The van der Waals surface area contributed by atoms with Gasteiger partial charge in [-0.25, -0.2) is 4.98 Å². The van der Waals surface area contributed by atoms with Gasteiger partial charge in [0.1, 0.15) is 0 Å². The third-order valence-corrected chi connectivity index (χ3v) is 4.88. The number of benzene rings is 2. The largest absolute Gasteiger partial charge is 0.247 e. The predicted molar refractivity (Wildman–Crippen MR) is 95.2 cm³/mol. The van der Waals surface area contributed by atoms with Crippen molar-refractivity contribution in [2.75, 3.05) is 0 Å². The smallest absolute Gasteiger partial charge is 0.0823 e. The van der Waals surface area contributed by atoms with Gasteiger partial charge in [-0.1, -0.05) is 54.1 Å². The van der Waals surface area contributed by atoms with Gasteiger partial charge in [0, 0.05) is 10.4 Å². The highest BCUT2D eigenvalue weighted by atomic mass is 32.1. The van der Waals surface area contributed by atoms with Crippen LogP contribution in [0.1, 0.15) is 5.56 Å². The van der Waals surface area contributed by atoms with E-state index in [1.165, 1.54) is 26.3 Å². The van der Waals surface area contributed by atoms with Crippen molar-refractivity contribution < 1.29 is 0 Å². The molecule has 2 heteroatoms. The van der Waals surface area contributed by atoms with Gasteiger partial charge >= 0.3 is 0 Å². The van der Waals surface area contributed by atoms with Crippen LogP contribution in [0.3, 0.4) is 0 Å². The van der Waals surface area contributed by atoms with Crippen LogP contribution in [0.2, 0.25) is 0 Å². The lowest BCUT2D eigenvalue weighted by molar-refractivity contribution is 1.39. The molecule has 2 heterocycles. The van der Waals surface area contributed by atoms with Crippen molar-refractivity contribution in [3.05, 3.63) is 78.4 Å². The molecule has 0 N–H and O–H groups in total. The fraction of sp³-hybridized carbons (Fsp3) is 0.0500. The van der Waals surface area contributed by atoms with Crippen molar-refractivity contribution in [3.63, 3.8) is 0 Å². The number of aryl methyl sites for hydroxylation is 1. The number of thiophene rings is 1. The molecule has 0 aliphatic rings. The summed E-state index contributed by atoms with van der Waals surface area (Å²) in [4.78, 5) is 6.11. The maximum Gasteiger partial charge on any atom is 0.0823 e. The first-order valence-electron chi connectivity index (χ1n) is 7.33. The first kappa shape index (κ1) is 13.2. The van der Waals surface area contributed by atoms with E-state index >= 15 is 0 Å². The SMILES string of the molecule is Cc1cccc(-c2ccc3sc(-c4ccccc4)cc3n2)c1. The molecule has 0 amide bonds. The summed E-state index contributed by atoms with van der Waals surface area (Å²) in [5.41, 5.74) is 5.79. The van der Waals surface area contributed by atoms with Gasteiger partial charge < -0.3 is 0 Å². The molecule has 4 rings (SSSR count). The summed E-state index contributed by atoms with van der Waals surface area (Å²) in [7, 11) is 0. The van der Waals surface area contributed by atoms with E-state index in [0.29, 0.717) is 0 Å². The number of nitrogens with zero attached hydrogens (tertiary/aromatic N) is 1. The van der Waals surface area contributed by atoms with Gasteiger partial charge in [0.2, 0.25) is 0 Å². The Hall–Kier alpha value is -2.45. The second-order valence-corrected chi connectivity index (χ2v) is 6.51. The molecule has 0 fully saturated rings. The van der Waals surface area contributed by atoms with Crippen molar-refractivity contribution in [2.24, 2.45) is 0 Å². The molecule has 0 bridgehead atoms. The van der Waals surface area contributed by atoms with Crippen LogP contribution in [0.4, 0.5) is 0 Å². The third-order valence-electron chi connectivity index (χ3n) is 3.75. The number of rotatable bonds is 2. The van der Waals surface area contributed by atoms with Gasteiger partial charge in [0.05, 0.1) is 15.9 Å². The second kappa shape index (κ2) is 5.39. The molecule has 22 heavy (non-hydrogen) atoms. The van der Waals surface area contributed by atoms with Crippen LogP contribution in [0.5, 0.6) is 0 Å². The van der Waals surface area contributed by atoms with E-state index in [2.05, 4.69) is 73.7 Å². The van der Waals surface area contributed by atoms with E-state index in [9.17, 15) is 0 Å². The molecule has 0 spiro atoms. The Morgan fingerprint density at radius 1 is 0.773 bits per heavy atom. The van der Waals surface area contributed by atoms with Gasteiger partial charge in [-0.05, 0) is 36.8 Å². The predicted octanol–water partition coefficient (Wildman–Crippen LogP) is 5.94. The van der Waals surface area contributed by atoms with Gasteiger partial charge in [-0.3, -0.25) is 0 Å². The van der Waals surface area contributed by atoms with Crippen LogP contribution < -0.4 is 0 Å². The Labute approximate surface area is 133 Å². The first-order valence-corrected chi connectivity index (χ1v) is 8.14. The van der Waals surface area contributed by atoms with E-state index in [-0.39, 0.29) is 0 Å². The monoisotopic (exact) mass is 301 g/mol. The zero-order valence-electron chi connectivity index (χ0n) is 12.3. The van der Waals surface area contributed by atoms with Crippen LogP contribution in [0.15, 0.2) is 72.8 Å². The van der Waals surface area contributed by atoms with Gasteiger partial charge in [0.25, 0.3) is 0 Å². The fourth-order valence-corrected chi connectivity index (χ4v) is 3.64. The normalized spacial score (nSPS) is 11.0. The summed E-state index contributed by atoms with van der Waals surface area (Å²) in [6, 6.07) is 25.5. The maximum absolute atomic E-state index is 4.84. The average molecular weight is 301 g/mol. The number of hydrogen-bond donors (Lipinski definition) is 0. The molecule has 0 atom stereocenters. The minimum Gasteiger partial charge on any atom is -0.247 e. The standard InChI is InChI=1S/C20H15NS/c1-14-6-5-9-16(12-14)17-10-11-19-18(21-17)13-20(22-19)15-7-3-2-4-8-15/h2-13H,1H3. The third kappa shape index (κ3) is 2.42. The zero-order valence-corrected chi connectivity index (χ0v) is 13.1. The molecular formula is C20H15NS. The van der Waals surface area contributed by atoms with Crippen LogP contribution >= 0.6 is 11.3 Å². The molecule has 0 saturated heterocycles. The fourth-order valence-electron chi connectivity index (χ4n) is 2.63. The summed E-state index contributed by atoms with van der Waals surface area (Å²) in [6.45, 7) is 2.11. The van der Waals surface area contributed by atoms with Crippen LogP contribution in [-0.2, 0) is 0 Å². The second-order valence-electron chi connectivity index (χ2n) is 5.43. The topological polar surface area (TPSA) is 12.9 Å². The van der Waals surface area contributed by atoms with Gasteiger partial charge in [-0.15, -0.1) is 11.3 Å². The summed E-state index contributed by atoms with van der Waals surface area (Å²) < 4.78 is 1.23. The van der Waals surface area contributed by atoms with Crippen molar-refractivity contribution >= 4 is 21.6 Å². The molecule has 106 valence electrons. The van der Waals surface area contributed by atoms with Crippen LogP contribution in [0, 0.1) is 6.92 Å². The van der Waals surface area contributed by atoms with Crippen molar-refractivity contribution in [1.82, 2.24) is 4.98 Å². The highest BCUT2D eigenvalue weighted by Gasteiger charge is 2.07. The summed E-state index contributed by atoms with van der Waals surface area (Å²) in [6.07, 6.45) is 0. The van der Waals surface area contributed by atoms with Gasteiger partial charge in [-0.2, -0.15) is 0 Å². The molecule has 1 nitrogen and oxygen atoms in total. The van der Waals surface area contributed by atoms with Crippen LogP contribution in [0.25, 0.3) is 31.9 Å². The molecule has 2 aromatic heterocycles. The molecule has 0 aliphatic heterocycles. The number of fused-ring (bicyclic) bond motifs is 1. The lowest BCUT2D eigenvalue weighted by atomic mass is 10.1. The van der Waals surface area contributed by atoms with Crippen molar-refractivity contribution in [1.29, 1.82) is 0 Å².